The molecule has 1 atom stereocenters. The summed E-state index contributed by atoms with van der Waals surface area (Å²) >= 11 is 1.39. The highest BCUT2D eigenvalue weighted by atomic mass is 32.1. The Hall–Kier alpha value is -3.06. The number of thiazole rings is 1. The van der Waals surface area contributed by atoms with Crippen molar-refractivity contribution in [2.24, 2.45) is 0 Å². The second kappa shape index (κ2) is 6.77. The van der Waals surface area contributed by atoms with Crippen LogP contribution in [0, 0.1) is 18.6 Å². The number of hydrogen-bond acceptors (Lipinski definition) is 3. The van der Waals surface area contributed by atoms with E-state index in [0.717, 1.165) is 39.3 Å². The van der Waals surface area contributed by atoms with Crippen LogP contribution in [0.5, 0.6) is 0 Å². The van der Waals surface area contributed by atoms with E-state index in [1.165, 1.54) is 17.4 Å². The summed E-state index contributed by atoms with van der Waals surface area (Å²) in [4.78, 5) is 22.5. The average molecular weight is 409 g/mol. The molecule has 2 aromatic carbocycles. The van der Waals surface area contributed by atoms with E-state index in [-0.39, 0.29) is 11.5 Å². The van der Waals surface area contributed by atoms with Crippen LogP contribution in [0.15, 0.2) is 47.8 Å². The molecule has 0 unspecified atom stereocenters. The molecule has 3 heterocycles. The number of rotatable bonds is 2. The van der Waals surface area contributed by atoms with Gasteiger partial charge < -0.3 is 9.88 Å². The first-order valence-corrected chi connectivity index (χ1v) is 10.2. The highest BCUT2D eigenvalue weighted by Gasteiger charge is 2.37. The van der Waals surface area contributed by atoms with Crippen LogP contribution >= 0.6 is 11.3 Å². The molecule has 1 amide bonds. The molecule has 0 aliphatic carbocycles. The first kappa shape index (κ1) is 18.0. The van der Waals surface area contributed by atoms with Gasteiger partial charge in [-0.05, 0) is 43.2 Å². The van der Waals surface area contributed by atoms with E-state index in [4.69, 9.17) is 0 Å². The van der Waals surface area contributed by atoms with Crippen molar-refractivity contribution in [3.05, 3.63) is 87.0 Å². The Balaban J connectivity index is 1.71. The summed E-state index contributed by atoms with van der Waals surface area (Å²) in [5.41, 5.74) is 3.14. The Labute approximate surface area is 169 Å². The molecule has 2 aromatic heterocycles. The molecule has 0 radical (unpaired) electrons. The largest absolute Gasteiger partial charge is 0.356 e. The van der Waals surface area contributed by atoms with E-state index in [1.807, 2.05) is 31.2 Å². The molecule has 4 aromatic rings. The van der Waals surface area contributed by atoms with E-state index < -0.39 is 17.7 Å². The zero-order chi connectivity index (χ0) is 20.1. The van der Waals surface area contributed by atoms with Gasteiger partial charge in [-0.2, -0.15) is 0 Å². The first-order chi connectivity index (χ1) is 14.0. The van der Waals surface area contributed by atoms with Gasteiger partial charge in [-0.25, -0.2) is 13.8 Å². The summed E-state index contributed by atoms with van der Waals surface area (Å²) in [6.45, 7) is 2.22. The van der Waals surface area contributed by atoms with E-state index in [2.05, 4.69) is 9.97 Å². The molecule has 29 heavy (non-hydrogen) atoms. The van der Waals surface area contributed by atoms with Crippen LogP contribution in [0.3, 0.4) is 0 Å². The molecule has 5 rings (SSSR count). The standard InChI is InChI=1S/C22H17F2N3OS/c1-12-25-19(11-29-12)22(28)27-9-8-15-14-4-2-3-5-18(14)26-20(15)21(27)16-10-13(23)6-7-17(16)24/h2-7,10-11,21,26H,8-9H2,1H3/t21-/m0/s1. The second-order valence-corrected chi connectivity index (χ2v) is 8.19. The number of benzene rings is 2. The minimum Gasteiger partial charge on any atom is -0.356 e. The summed E-state index contributed by atoms with van der Waals surface area (Å²) in [7, 11) is 0. The van der Waals surface area contributed by atoms with E-state index in [9.17, 15) is 13.6 Å². The first-order valence-electron chi connectivity index (χ1n) is 9.30. The molecule has 0 saturated carbocycles. The van der Waals surface area contributed by atoms with Gasteiger partial charge in [-0.15, -0.1) is 11.3 Å². The van der Waals surface area contributed by atoms with Gasteiger partial charge in [0.25, 0.3) is 5.91 Å². The van der Waals surface area contributed by atoms with Gasteiger partial charge in [0.05, 0.1) is 5.01 Å². The fourth-order valence-electron chi connectivity index (χ4n) is 4.12. The van der Waals surface area contributed by atoms with Crippen molar-refractivity contribution < 1.29 is 13.6 Å². The third-order valence-corrected chi connectivity index (χ3v) is 6.16. The zero-order valence-corrected chi connectivity index (χ0v) is 16.4. The second-order valence-electron chi connectivity index (χ2n) is 7.13. The van der Waals surface area contributed by atoms with Crippen molar-refractivity contribution in [2.75, 3.05) is 6.54 Å². The van der Waals surface area contributed by atoms with Crippen molar-refractivity contribution in [1.82, 2.24) is 14.9 Å². The van der Waals surface area contributed by atoms with E-state index >= 15 is 0 Å². The lowest BCUT2D eigenvalue weighted by atomic mass is 9.91. The number of para-hydroxylation sites is 1. The molecule has 0 bridgehead atoms. The Morgan fingerprint density at radius 2 is 2.07 bits per heavy atom. The number of carbonyl (C=O) groups is 1. The van der Waals surface area contributed by atoms with Gasteiger partial charge in [-0.1, -0.05) is 18.2 Å². The number of nitrogens with zero attached hydrogens (tertiary/aromatic N) is 2. The summed E-state index contributed by atoms with van der Waals surface area (Å²) in [6, 6.07) is 10.4. The highest BCUT2D eigenvalue weighted by molar-refractivity contribution is 7.09. The molecule has 0 saturated heterocycles. The van der Waals surface area contributed by atoms with Crippen LogP contribution in [0.2, 0.25) is 0 Å². The lowest BCUT2D eigenvalue weighted by molar-refractivity contribution is 0.0683. The third kappa shape index (κ3) is 2.93. The van der Waals surface area contributed by atoms with Crippen molar-refractivity contribution in [3.8, 4) is 0 Å². The molecular weight excluding hydrogens is 392 g/mol. The maximum atomic E-state index is 14.8. The predicted octanol–water partition coefficient (Wildman–Crippen LogP) is 5.00. The monoisotopic (exact) mass is 409 g/mol. The van der Waals surface area contributed by atoms with Gasteiger partial charge in [0.2, 0.25) is 0 Å². The highest BCUT2D eigenvalue weighted by Crippen LogP contribution is 2.40. The van der Waals surface area contributed by atoms with Crippen molar-refractivity contribution >= 4 is 28.1 Å². The summed E-state index contributed by atoms with van der Waals surface area (Å²) in [6.07, 6.45) is 0.627. The molecule has 4 nitrogen and oxygen atoms in total. The number of aryl methyl sites for hydroxylation is 1. The Morgan fingerprint density at radius 3 is 2.86 bits per heavy atom. The van der Waals surface area contributed by atoms with Crippen molar-refractivity contribution in [1.29, 1.82) is 0 Å². The third-order valence-electron chi connectivity index (χ3n) is 5.39. The normalized spacial score (nSPS) is 16.2. The molecule has 0 spiro atoms. The predicted molar refractivity (Wildman–Crippen MR) is 108 cm³/mol. The van der Waals surface area contributed by atoms with Crippen LogP contribution in [0.25, 0.3) is 10.9 Å². The number of hydrogen-bond donors (Lipinski definition) is 1. The number of H-pyrrole nitrogens is 1. The summed E-state index contributed by atoms with van der Waals surface area (Å²) < 4.78 is 28.9. The molecule has 1 aliphatic heterocycles. The van der Waals surface area contributed by atoms with Crippen LogP contribution in [0.1, 0.15) is 38.4 Å². The number of carbonyl (C=O) groups excluding carboxylic acids is 1. The van der Waals surface area contributed by atoms with Crippen LogP contribution in [0.4, 0.5) is 8.78 Å². The average Bonchev–Trinajstić information content (AvgIpc) is 3.32. The minimum absolute atomic E-state index is 0.137. The van der Waals surface area contributed by atoms with Crippen LogP contribution in [-0.2, 0) is 6.42 Å². The molecule has 7 heteroatoms. The number of fused-ring (bicyclic) bond motifs is 3. The number of halogens is 2. The van der Waals surface area contributed by atoms with Gasteiger partial charge in [0.15, 0.2) is 0 Å². The zero-order valence-electron chi connectivity index (χ0n) is 15.6. The Bertz CT molecular complexity index is 1250. The number of amides is 1. The Morgan fingerprint density at radius 1 is 1.24 bits per heavy atom. The topological polar surface area (TPSA) is 49.0 Å². The minimum atomic E-state index is -0.753. The van der Waals surface area contributed by atoms with Crippen molar-refractivity contribution in [3.63, 3.8) is 0 Å². The number of aromatic nitrogens is 2. The number of nitrogens with one attached hydrogen (secondary N) is 1. The molecular formula is C22H17F2N3OS. The van der Waals surface area contributed by atoms with Crippen molar-refractivity contribution in [2.45, 2.75) is 19.4 Å². The SMILES string of the molecule is Cc1nc(C(=O)N2CCc3c([nH]c4ccccc34)[C@@H]2c2cc(F)ccc2F)cs1. The van der Waals surface area contributed by atoms with Crippen LogP contribution in [-0.4, -0.2) is 27.3 Å². The van der Waals surface area contributed by atoms with E-state index in [0.29, 0.717) is 18.7 Å². The van der Waals surface area contributed by atoms with E-state index in [1.54, 1.807) is 10.3 Å². The summed E-state index contributed by atoms with van der Waals surface area (Å²) in [5.74, 6) is -1.37. The van der Waals surface area contributed by atoms with Gasteiger partial charge in [0.1, 0.15) is 23.4 Å². The Kier molecular flexibility index (Phi) is 4.20. The fourth-order valence-corrected chi connectivity index (χ4v) is 4.70. The lowest BCUT2D eigenvalue weighted by Crippen LogP contribution is -2.41. The smallest absolute Gasteiger partial charge is 0.274 e. The van der Waals surface area contributed by atoms with Crippen LogP contribution < -0.4 is 0 Å². The molecule has 1 N–H and O–H groups in total. The van der Waals surface area contributed by atoms with Gasteiger partial charge in [0, 0.05) is 34.1 Å². The molecule has 0 fully saturated rings. The lowest BCUT2D eigenvalue weighted by Gasteiger charge is -2.36. The summed E-state index contributed by atoms with van der Waals surface area (Å²) in [5, 5.41) is 3.53. The van der Waals surface area contributed by atoms with Gasteiger partial charge in [-0.3, -0.25) is 4.79 Å². The maximum Gasteiger partial charge on any atom is 0.274 e. The fraction of sp³-hybridized carbons (Fsp3) is 0.182. The van der Waals surface area contributed by atoms with Gasteiger partial charge >= 0.3 is 0 Å². The molecule has 146 valence electrons. The quantitative estimate of drug-likeness (QED) is 0.507. The molecule has 1 aliphatic rings. The maximum absolute atomic E-state index is 14.8. The number of aromatic amines is 1.